The molecule has 0 radical (unpaired) electrons. The van der Waals surface area contributed by atoms with Gasteiger partial charge in [-0.3, -0.25) is 4.79 Å². The Morgan fingerprint density at radius 3 is 2.21 bits per heavy atom. The van der Waals surface area contributed by atoms with Crippen LogP contribution < -0.4 is 19.5 Å². The average molecular weight is 370 g/mol. The molecule has 0 unspecified atom stereocenters. The van der Waals surface area contributed by atoms with Crippen LogP contribution in [0, 0.1) is 0 Å². The zero-order chi connectivity index (χ0) is 17.7. The Morgan fingerprint density at radius 2 is 1.67 bits per heavy atom. The molecule has 2 aromatic carbocycles. The first-order valence-electron chi connectivity index (χ1n) is 7.08. The second-order valence-electron chi connectivity index (χ2n) is 4.93. The predicted octanol–water partition coefficient (Wildman–Crippen LogP) is 4.42. The van der Waals surface area contributed by atoms with Gasteiger partial charge in [0.15, 0.2) is 6.10 Å². The number of halogens is 2. The first kappa shape index (κ1) is 18.2. The number of rotatable bonds is 6. The summed E-state index contributed by atoms with van der Waals surface area (Å²) in [6, 6.07) is 9.88. The molecule has 0 aliphatic heterocycles. The zero-order valence-electron chi connectivity index (χ0n) is 13.4. The van der Waals surface area contributed by atoms with E-state index in [-0.39, 0.29) is 5.91 Å². The fraction of sp³-hybridized carbons (Fsp3) is 0.235. The lowest BCUT2D eigenvalue weighted by Gasteiger charge is -2.16. The standard InChI is InChI=1S/C17H17Cl2NO4/c1-10(24-16-5-4-11(18)6-15(16)19)17(21)20-12-7-13(22-2)9-14(8-12)23-3/h4-10H,1-3H3,(H,20,21)/t10-/m1/s1. The summed E-state index contributed by atoms with van der Waals surface area (Å²) in [5, 5.41) is 3.58. The van der Waals surface area contributed by atoms with E-state index in [0.29, 0.717) is 33.0 Å². The summed E-state index contributed by atoms with van der Waals surface area (Å²) in [7, 11) is 3.07. The number of benzene rings is 2. The molecule has 0 bridgehead atoms. The number of hydrogen-bond donors (Lipinski definition) is 1. The van der Waals surface area contributed by atoms with Gasteiger partial charge in [0.25, 0.3) is 5.91 Å². The monoisotopic (exact) mass is 369 g/mol. The highest BCUT2D eigenvalue weighted by Gasteiger charge is 2.17. The highest BCUT2D eigenvalue weighted by atomic mass is 35.5. The molecular formula is C17H17Cl2NO4. The van der Waals surface area contributed by atoms with Crippen molar-refractivity contribution in [2.45, 2.75) is 13.0 Å². The number of hydrogen-bond acceptors (Lipinski definition) is 4. The predicted molar refractivity (Wildman–Crippen MR) is 94.7 cm³/mol. The van der Waals surface area contributed by atoms with Crippen molar-refractivity contribution in [1.82, 2.24) is 0 Å². The summed E-state index contributed by atoms with van der Waals surface area (Å²) < 4.78 is 15.9. The maximum absolute atomic E-state index is 12.3. The molecule has 0 aromatic heterocycles. The van der Waals surface area contributed by atoms with Crippen molar-refractivity contribution in [1.29, 1.82) is 0 Å². The lowest BCUT2D eigenvalue weighted by Crippen LogP contribution is -2.30. The topological polar surface area (TPSA) is 56.8 Å². The number of anilines is 1. The highest BCUT2D eigenvalue weighted by Crippen LogP contribution is 2.29. The van der Waals surface area contributed by atoms with E-state index in [1.165, 1.54) is 14.2 Å². The van der Waals surface area contributed by atoms with Crippen molar-refractivity contribution in [3.63, 3.8) is 0 Å². The molecule has 2 rings (SSSR count). The van der Waals surface area contributed by atoms with E-state index >= 15 is 0 Å². The zero-order valence-corrected chi connectivity index (χ0v) is 14.9. The third-order valence-electron chi connectivity index (χ3n) is 3.19. The van der Waals surface area contributed by atoms with Gasteiger partial charge >= 0.3 is 0 Å². The van der Waals surface area contributed by atoms with E-state index in [1.54, 1.807) is 43.3 Å². The van der Waals surface area contributed by atoms with E-state index in [9.17, 15) is 4.79 Å². The first-order valence-corrected chi connectivity index (χ1v) is 7.84. The van der Waals surface area contributed by atoms with Crippen LogP contribution in [0.3, 0.4) is 0 Å². The van der Waals surface area contributed by atoms with E-state index in [0.717, 1.165) is 0 Å². The number of nitrogens with one attached hydrogen (secondary N) is 1. The molecule has 0 heterocycles. The molecule has 1 amide bonds. The molecule has 0 aliphatic rings. The number of amides is 1. The van der Waals surface area contributed by atoms with Gasteiger partial charge in [-0.25, -0.2) is 0 Å². The fourth-order valence-electron chi connectivity index (χ4n) is 1.94. The van der Waals surface area contributed by atoms with Crippen molar-refractivity contribution >= 4 is 34.8 Å². The van der Waals surface area contributed by atoms with Gasteiger partial charge in [0.1, 0.15) is 17.2 Å². The summed E-state index contributed by atoms with van der Waals surface area (Å²) in [6.07, 6.45) is -0.763. The molecule has 7 heteroatoms. The summed E-state index contributed by atoms with van der Waals surface area (Å²) in [4.78, 5) is 12.3. The summed E-state index contributed by atoms with van der Waals surface area (Å²) in [5.74, 6) is 1.18. The van der Waals surface area contributed by atoms with E-state index < -0.39 is 6.10 Å². The molecule has 24 heavy (non-hydrogen) atoms. The molecule has 128 valence electrons. The van der Waals surface area contributed by atoms with Gasteiger partial charge in [0, 0.05) is 28.9 Å². The van der Waals surface area contributed by atoms with Crippen LogP contribution in [0.2, 0.25) is 10.0 Å². The fourth-order valence-corrected chi connectivity index (χ4v) is 2.39. The van der Waals surface area contributed by atoms with Crippen molar-refractivity contribution in [2.24, 2.45) is 0 Å². The largest absolute Gasteiger partial charge is 0.497 e. The molecular weight excluding hydrogens is 353 g/mol. The van der Waals surface area contributed by atoms with Crippen molar-refractivity contribution in [3.8, 4) is 17.2 Å². The minimum Gasteiger partial charge on any atom is -0.497 e. The quantitative estimate of drug-likeness (QED) is 0.818. The van der Waals surface area contributed by atoms with Gasteiger partial charge in [-0.2, -0.15) is 0 Å². The lowest BCUT2D eigenvalue weighted by atomic mass is 10.2. The van der Waals surface area contributed by atoms with Crippen LogP contribution in [0.15, 0.2) is 36.4 Å². The Hall–Kier alpha value is -2.11. The first-order chi connectivity index (χ1) is 11.4. The number of carbonyl (C=O) groups is 1. The normalized spacial score (nSPS) is 11.5. The minimum atomic E-state index is -0.763. The Kier molecular flexibility index (Phi) is 6.17. The summed E-state index contributed by atoms with van der Waals surface area (Å²) >= 11 is 11.9. The van der Waals surface area contributed by atoms with Crippen LogP contribution in [0.1, 0.15) is 6.92 Å². The van der Waals surface area contributed by atoms with Gasteiger partial charge in [-0.15, -0.1) is 0 Å². The van der Waals surface area contributed by atoms with Crippen LogP contribution >= 0.6 is 23.2 Å². The Morgan fingerprint density at radius 1 is 1.04 bits per heavy atom. The molecule has 0 saturated carbocycles. The second kappa shape index (κ2) is 8.13. The SMILES string of the molecule is COc1cc(NC(=O)[C@@H](C)Oc2ccc(Cl)cc2Cl)cc(OC)c1. The third-order valence-corrected chi connectivity index (χ3v) is 3.72. The molecule has 1 N–H and O–H groups in total. The van der Waals surface area contributed by atoms with E-state index in [2.05, 4.69) is 5.32 Å². The molecule has 5 nitrogen and oxygen atoms in total. The lowest BCUT2D eigenvalue weighted by molar-refractivity contribution is -0.122. The van der Waals surface area contributed by atoms with Gasteiger partial charge in [0.2, 0.25) is 0 Å². The van der Waals surface area contributed by atoms with Crippen LogP contribution in [-0.4, -0.2) is 26.2 Å². The maximum Gasteiger partial charge on any atom is 0.265 e. The number of ether oxygens (including phenoxy) is 3. The number of carbonyl (C=O) groups excluding carboxylic acids is 1. The second-order valence-corrected chi connectivity index (χ2v) is 5.77. The van der Waals surface area contributed by atoms with Gasteiger partial charge in [-0.1, -0.05) is 23.2 Å². The molecule has 0 aliphatic carbocycles. The summed E-state index contributed by atoms with van der Waals surface area (Å²) in [6.45, 7) is 1.62. The Bertz CT molecular complexity index is 714. The van der Waals surface area contributed by atoms with Crippen LogP contribution in [0.4, 0.5) is 5.69 Å². The van der Waals surface area contributed by atoms with Gasteiger partial charge in [0.05, 0.1) is 19.2 Å². The van der Waals surface area contributed by atoms with Gasteiger partial charge < -0.3 is 19.5 Å². The smallest absolute Gasteiger partial charge is 0.265 e. The average Bonchev–Trinajstić information content (AvgIpc) is 2.56. The number of methoxy groups -OCH3 is 2. The Balaban J connectivity index is 2.08. The molecule has 0 saturated heterocycles. The molecule has 1 atom stereocenters. The highest BCUT2D eigenvalue weighted by molar-refractivity contribution is 6.35. The maximum atomic E-state index is 12.3. The molecule has 2 aromatic rings. The van der Waals surface area contributed by atoms with E-state index in [1.807, 2.05) is 0 Å². The third kappa shape index (κ3) is 4.69. The minimum absolute atomic E-state index is 0.337. The van der Waals surface area contributed by atoms with Crippen molar-refractivity contribution in [2.75, 3.05) is 19.5 Å². The van der Waals surface area contributed by atoms with Crippen molar-refractivity contribution in [3.05, 3.63) is 46.4 Å². The molecule has 0 spiro atoms. The van der Waals surface area contributed by atoms with Crippen LogP contribution in [0.25, 0.3) is 0 Å². The molecule has 0 fully saturated rings. The van der Waals surface area contributed by atoms with Crippen LogP contribution in [0.5, 0.6) is 17.2 Å². The van der Waals surface area contributed by atoms with Crippen LogP contribution in [-0.2, 0) is 4.79 Å². The Labute approximate surface area is 150 Å². The summed E-state index contributed by atoms with van der Waals surface area (Å²) in [5.41, 5.74) is 0.536. The van der Waals surface area contributed by atoms with Crippen molar-refractivity contribution < 1.29 is 19.0 Å². The van der Waals surface area contributed by atoms with E-state index in [4.69, 9.17) is 37.4 Å². The van der Waals surface area contributed by atoms with Gasteiger partial charge in [-0.05, 0) is 25.1 Å².